The number of nitrogens with zero attached hydrogens (tertiary/aromatic N) is 2. The van der Waals surface area contributed by atoms with E-state index in [1.54, 1.807) is 0 Å². The van der Waals surface area contributed by atoms with Gasteiger partial charge in [0.25, 0.3) is 0 Å². The fourth-order valence-electron chi connectivity index (χ4n) is 4.05. The topological polar surface area (TPSA) is 48.7 Å². The van der Waals surface area contributed by atoms with Crippen LogP contribution >= 0.6 is 0 Å². The highest BCUT2D eigenvalue weighted by atomic mass is 16.3. The summed E-state index contributed by atoms with van der Waals surface area (Å²) >= 11 is 0. The first-order valence-corrected chi connectivity index (χ1v) is 9.74. The molecule has 1 unspecified atom stereocenters. The van der Waals surface area contributed by atoms with Gasteiger partial charge in [-0.1, -0.05) is 0 Å². The Balaban J connectivity index is 1.34. The monoisotopic (exact) mass is 355 g/mol. The maximum Gasteiger partial charge on any atom is 0.321 e. The van der Waals surface area contributed by atoms with Crippen LogP contribution in [0.15, 0.2) is 22.6 Å². The van der Waals surface area contributed by atoms with Crippen LogP contribution in [0.1, 0.15) is 30.6 Å². The van der Waals surface area contributed by atoms with Crippen LogP contribution in [0.3, 0.4) is 0 Å². The molecule has 1 saturated carbocycles. The molecule has 4 rings (SSSR count). The normalized spacial score (nSPS) is 20.3. The standard InChI is InChI=1S/C21H29N3O2/c1-14-15(2)26-20-7-6-18(10-19(14)20)22-21(25)24-9-8-17(13-24)12-23(3)11-16-4-5-16/h6-7,10,16-17H,4-5,8-9,11-13H2,1-3H3,(H,22,25). The highest BCUT2D eigenvalue weighted by Crippen LogP contribution is 2.30. The minimum absolute atomic E-state index is 0.00886. The number of rotatable bonds is 5. The van der Waals surface area contributed by atoms with Crippen molar-refractivity contribution in [3.8, 4) is 0 Å². The van der Waals surface area contributed by atoms with Gasteiger partial charge in [-0.15, -0.1) is 0 Å². The van der Waals surface area contributed by atoms with Crippen molar-refractivity contribution in [2.24, 2.45) is 11.8 Å². The van der Waals surface area contributed by atoms with Gasteiger partial charge >= 0.3 is 6.03 Å². The zero-order valence-corrected chi connectivity index (χ0v) is 16.0. The number of furan rings is 1. The Bertz CT molecular complexity index is 809. The highest BCUT2D eigenvalue weighted by molar-refractivity contribution is 5.93. The van der Waals surface area contributed by atoms with E-state index in [-0.39, 0.29) is 6.03 Å². The first kappa shape index (κ1) is 17.4. The Kier molecular flexibility index (Phi) is 4.65. The van der Waals surface area contributed by atoms with Crippen molar-refractivity contribution in [1.29, 1.82) is 0 Å². The molecule has 2 aromatic rings. The molecule has 140 valence electrons. The first-order valence-electron chi connectivity index (χ1n) is 9.74. The molecule has 2 aliphatic rings. The number of aryl methyl sites for hydroxylation is 2. The van der Waals surface area contributed by atoms with Crippen molar-refractivity contribution in [2.45, 2.75) is 33.1 Å². The van der Waals surface area contributed by atoms with Crippen LogP contribution in [-0.4, -0.2) is 49.1 Å². The number of likely N-dealkylation sites (tertiary alicyclic amines) is 1. The van der Waals surface area contributed by atoms with Gasteiger partial charge in [0.1, 0.15) is 11.3 Å². The van der Waals surface area contributed by atoms with Gasteiger partial charge in [-0.3, -0.25) is 0 Å². The molecule has 5 nitrogen and oxygen atoms in total. The molecule has 2 heterocycles. The van der Waals surface area contributed by atoms with Crippen molar-refractivity contribution >= 4 is 22.7 Å². The van der Waals surface area contributed by atoms with Gasteiger partial charge < -0.3 is 19.5 Å². The van der Waals surface area contributed by atoms with E-state index in [4.69, 9.17) is 4.42 Å². The smallest absolute Gasteiger partial charge is 0.321 e. The molecule has 2 fully saturated rings. The number of urea groups is 1. The number of hydrogen-bond donors (Lipinski definition) is 1. The molecular weight excluding hydrogens is 326 g/mol. The van der Waals surface area contributed by atoms with Crippen molar-refractivity contribution in [2.75, 3.05) is 38.5 Å². The summed E-state index contributed by atoms with van der Waals surface area (Å²) in [7, 11) is 2.21. The second-order valence-corrected chi connectivity index (χ2v) is 8.19. The Labute approximate surface area is 155 Å². The maximum absolute atomic E-state index is 12.6. The number of carbonyl (C=O) groups is 1. The molecule has 5 heteroatoms. The van der Waals surface area contributed by atoms with Crippen LogP contribution in [0, 0.1) is 25.7 Å². The molecule has 1 aliphatic carbocycles. The number of hydrogen-bond acceptors (Lipinski definition) is 3. The minimum Gasteiger partial charge on any atom is -0.461 e. The summed E-state index contributed by atoms with van der Waals surface area (Å²) in [5, 5.41) is 4.13. The van der Waals surface area contributed by atoms with E-state index in [0.29, 0.717) is 5.92 Å². The maximum atomic E-state index is 12.6. The average Bonchev–Trinajstić information content (AvgIpc) is 3.21. The lowest BCUT2D eigenvalue weighted by atomic mass is 10.1. The first-order chi connectivity index (χ1) is 12.5. The number of nitrogens with one attached hydrogen (secondary N) is 1. The molecule has 1 N–H and O–H groups in total. The number of carbonyl (C=O) groups excluding carboxylic acids is 1. The van der Waals surface area contributed by atoms with Gasteiger partial charge in [-0.25, -0.2) is 4.79 Å². The molecular formula is C21H29N3O2. The quantitative estimate of drug-likeness (QED) is 0.872. The van der Waals surface area contributed by atoms with E-state index >= 15 is 0 Å². The predicted molar refractivity (Wildman–Crippen MR) is 105 cm³/mol. The van der Waals surface area contributed by atoms with Crippen LogP contribution in [0.4, 0.5) is 10.5 Å². The zero-order valence-electron chi connectivity index (χ0n) is 16.0. The summed E-state index contributed by atoms with van der Waals surface area (Å²) in [6.45, 7) is 8.03. The third-order valence-corrected chi connectivity index (χ3v) is 5.84. The van der Waals surface area contributed by atoms with Gasteiger partial charge in [0, 0.05) is 37.3 Å². The third-order valence-electron chi connectivity index (χ3n) is 5.84. The highest BCUT2D eigenvalue weighted by Gasteiger charge is 2.29. The number of anilines is 1. The van der Waals surface area contributed by atoms with Gasteiger partial charge in [0.2, 0.25) is 0 Å². The Morgan fingerprint density at radius 2 is 2.00 bits per heavy atom. The molecule has 0 radical (unpaired) electrons. The van der Waals surface area contributed by atoms with Crippen molar-refractivity contribution in [1.82, 2.24) is 9.80 Å². The van der Waals surface area contributed by atoms with E-state index in [1.807, 2.05) is 30.0 Å². The molecule has 2 amide bonds. The Hall–Kier alpha value is -2.01. The number of amides is 2. The largest absolute Gasteiger partial charge is 0.461 e. The Morgan fingerprint density at radius 1 is 1.23 bits per heavy atom. The van der Waals surface area contributed by atoms with Crippen molar-refractivity contribution in [3.63, 3.8) is 0 Å². The van der Waals surface area contributed by atoms with E-state index < -0.39 is 0 Å². The van der Waals surface area contributed by atoms with Gasteiger partial charge in [-0.05, 0) is 75.8 Å². The summed E-state index contributed by atoms with van der Waals surface area (Å²) in [6.07, 6.45) is 3.88. The summed E-state index contributed by atoms with van der Waals surface area (Å²) in [4.78, 5) is 17.0. The second kappa shape index (κ2) is 6.95. The van der Waals surface area contributed by atoms with Crippen LogP contribution in [0.2, 0.25) is 0 Å². The summed E-state index contributed by atoms with van der Waals surface area (Å²) in [6, 6.07) is 5.87. The molecule has 0 spiro atoms. The molecule has 1 saturated heterocycles. The molecule has 1 aromatic carbocycles. The van der Waals surface area contributed by atoms with E-state index in [2.05, 4.69) is 24.2 Å². The zero-order chi connectivity index (χ0) is 18.3. The number of fused-ring (bicyclic) bond motifs is 1. The number of benzene rings is 1. The van der Waals surface area contributed by atoms with Crippen LogP contribution in [0.5, 0.6) is 0 Å². The third kappa shape index (κ3) is 3.73. The lowest BCUT2D eigenvalue weighted by Gasteiger charge is -2.21. The lowest BCUT2D eigenvalue weighted by molar-refractivity contribution is 0.216. The SMILES string of the molecule is Cc1oc2ccc(NC(=O)N3CCC(CN(C)CC4CC4)C3)cc2c1C. The molecule has 1 aliphatic heterocycles. The summed E-state index contributed by atoms with van der Waals surface area (Å²) in [5.41, 5.74) is 2.84. The molecule has 26 heavy (non-hydrogen) atoms. The molecule has 0 bridgehead atoms. The molecule has 1 atom stereocenters. The fraction of sp³-hybridized carbons (Fsp3) is 0.571. The second-order valence-electron chi connectivity index (χ2n) is 8.19. The van der Waals surface area contributed by atoms with Crippen molar-refractivity contribution in [3.05, 3.63) is 29.5 Å². The summed E-state index contributed by atoms with van der Waals surface area (Å²) < 4.78 is 5.71. The Morgan fingerprint density at radius 3 is 2.77 bits per heavy atom. The van der Waals surface area contributed by atoms with Gasteiger partial charge in [0.15, 0.2) is 0 Å². The van der Waals surface area contributed by atoms with E-state index in [9.17, 15) is 4.79 Å². The molecule has 1 aromatic heterocycles. The van der Waals surface area contributed by atoms with Gasteiger partial charge in [0.05, 0.1) is 0 Å². The average molecular weight is 355 g/mol. The van der Waals surface area contributed by atoms with E-state index in [1.165, 1.54) is 19.4 Å². The lowest BCUT2D eigenvalue weighted by Crippen LogP contribution is -2.34. The predicted octanol–water partition coefficient (Wildman–Crippen LogP) is 4.25. The van der Waals surface area contributed by atoms with E-state index in [0.717, 1.165) is 60.0 Å². The minimum atomic E-state index is 0.00886. The van der Waals surface area contributed by atoms with Gasteiger partial charge in [-0.2, -0.15) is 0 Å². The fourth-order valence-corrected chi connectivity index (χ4v) is 4.05. The van der Waals surface area contributed by atoms with Crippen LogP contribution in [-0.2, 0) is 0 Å². The van der Waals surface area contributed by atoms with Crippen molar-refractivity contribution < 1.29 is 9.21 Å². The van der Waals surface area contributed by atoms with Crippen LogP contribution < -0.4 is 5.32 Å². The summed E-state index contributed by atoms with van der Waals surface area (Å²) in [5.74, 6) is 2.44. The van der Waals surface area contributed by atoms with Crippen LogP contribution in [0.25, 0.3) is 11.0 Å².